The van der Waals surface area contributed by atoms with Gasteiger partial charge in [-0.1, -0.05) is 12.8 Å². The lowest BCUT2D eigenvalue weighted by molar-refractivity contribution is 0.0931. The fraction of sp³-hybridized carbons (Fsp3) is 0.250. The highest BCUT2D eigenvalue weighted by molar-refractivity contribution is 7.11. The van der Waals surface area contributed by atoms with Gasteiger partial charge in [0.1, 0.15) is 23.0 Å². The third-order valence-electron chi connectivity index (χ3n) is 5.20. The van der Waals surface area contributed by atoms with Gasteiger partial charge in [-0.05, 0) is 37.1 Å². The zero-order chi connectivity index (χ0) is 24.6. The van der Waals surface area contributed by atoms with Crippen molar-refractivity contribution in [3.8, 4) is 17.5 Å². The van der Waals surface area contributed by atoms with Crippen LogP contribution in [-0.4, -0.2) is 26.6 Å². The molecule has 1 amide bonds. The summed E-state index contributed by atoms with van der Waals surface area (Å²) in [5.74, 6) is -0.452. The van der Waals surface area contributed by atoms with Crippen molar-refractivity contribution in [2.45, 2.75) is 38.1 Å². The van der Waals surface area contributed by atoms with Gasteiger partial charge in [0.15, 0.2) is 11.5 Å². The Balaban J connectivity index is 1.47. The predicted molar refractivity (Wildman–Crippen MR) is 123 cm³/mol. The maximum atomic E-state index is 13.3. The number of nitriles is 1. The van der Waals surface area contributed by atoms with Crippen LogP contribution in [0.1, 0.15) is 70.0 Å². The van der Waals surface area contributed by atoms with Gasteiger partial charge in [0.25, 0.3) is 11.8 Å². The van der Waals surface area contributed by atoms with E-state index in [4.69, 9.17) is 8.83 Å². The quantitative estimate of drug-likeness (QED) is 0.225. The minimum atomic E-state index is -0.636. The molecule has 1 aromatic carbocycles. The molecule has 0 unspecified atom stereocenters. The minimum absolute atomic E-state index is 0.0398. The molecule has 0 bridgehead atoms. The molecule has 0 spiro atoms. The number of hydrogen-bond donors (Lipinski definition) is 1. The lowest BCUT2D eigenvalue weighted by Crippen LogP contribution is -2.28. The van der Waals surface area contributed by atoms with Gasteiger partial charge >= 0.3 is 0 Å². The van der Waals surface area contributed by atoms with Gasteiger partial charge in [-0.25, -0.2) is 9.37 Å². The number of carbonyl (C=O) groups excluding carboxylic acids is 2. The average molecular weight is 494 g/mol. The number of benzene rings is 1. The molecular weight excluding hydrogens is 473 g/mol. The van der Waals surface area contributed by atoms with Crippen molar-refractivity contribution in [3.63, 3.8) is 0 Å². The van der Waals surface area contributed by atoms with Crippen LogP contribution in [0, 0.1) is 17.1 Å². The fourth-order valence-corrected chi connectivity index (χ4v) is 3.99. The van der Waals surface area contributed by atoms with Crippen LogP contribution in [0.5, 0.6) is 0 Å². The smallest absolute Gasteiger partial charge is 0.263 e. The first-order chi connectivity index (χ1) is 17.0. The Bertz CT molecular complexity index is 1310. The molecule has 4 aromatic rings. The number of amides is 1. The van der Waals surface area contributed by atoms with Crippen LogP contribution in [0.4, 0.5) is 4.39 Å². The highest BCUT2D eigenvalue weighted by Gasteiger charge is 2.26. The number of ketones is 1. The Morgan fingerprint density at radius 2 is 2.03 bits per heavy atom. The lowest BCUT2D eigenvalue weighted by Gasteiger charge is -2.16. The number of nitrogens with zero attached hydrogens (tertiary/aromatic N) is 4. The summed E-state index contributed by atoms with van der Waals surface area (Å²) in [6.45, 7) is 0. The minimum Gasteiger partial charge on any atom is -0.442 e. The van der Waals surface area contributed by atoms with Crippen LogP contribution < -0.4 is 5.32 Å². The SMILES string of the molecule is N#Cc1nc(-c2ccc(F)cc2)oc1[C@H](CCCCCC(=O)c1ncco1)NC(=O)c1cncs1. The lowest BCUT2D eigenvalue weighted by atomic mass is 10.0. The van der Waals surface area contributed by atoms with Gasteiger partial charge in [0.05, 0.1) is 23.9 Å². The Labute approximate surface area is 203 Å². The number of Topliss-reactive ketones (excluding diaryl/α,β-unsaturated/α-hetero) is 1. The average Bonchev–Trinajstić information content (AvgIpc) is 3.65. The number of halogens is 1. The van der Waals surface area contributed by atoms with E-state index < -0.39 is 11.9 Å². The summed E-state index contributed by atoms with van der Waals surface area (Å²) in [5.41, 5.74) is 2.10. The Morgan fingerprint density at radius 3 is 2.71 bits per heavy atom. The standard InChI is InChI=1S/C24H20FN5O4S/c25-16-8-6-15(7-9-16)23-30-18(12-26)21(34-23)17(29-22(32)20-13-27-14-35-20)4-2-1-3-5-19(31)24-28-10-11-33-24/h6-11,13-14,17H,1-5H2,(H,29,32)/t17-/m0/s1. The summed E-state index contributed by atoms with van der Waals surface area (Å²) < 4.78 is 24.2. The fourth-order valence-electron chi connectivity index (χ4n) is 3.47. The van der Waals surface area contributed by atoms with Gasteiger partial charge in [-0.2, -0.15) is 10.2 Å². The highest BCUT2D eigenvalue weighted by atomic mass is 32.1. The number of nitrogens with one attached hydrogen (secondary N) is 1. The Kier molecular flexibility index (Phi) is 7.74. The zero-order valence-corrected chi connectivity index (χ0v) is 19.3. The summed E-state index contributed by atoms with van der Waals surface area (Å²) in [5, 5.41) is 12.5. The molecule has 3 aromatic heterocycles. The first-order valence-corrected chi connectivity index (χ1v) is 11.7. The van der Waals surface area contributed by atoms with Gasteiger partial charge in [-0.3, -0.25) is 14.6 Å². The van der Waals surface area contributed by atoms with Gasteiger partial charge in [0, 0.05) is 12.0 Å². The molecule has 0 radical (unpaired) electrons. The topological polar surface area (TPSA) is 135 Å². The summed E-state index contributed by atoms with van der Waals surface area (Å²) in [7, 11) is 0. The molecule has 0 aliphatic rings. The number of rotatable bonds is 11. The van der Waals surface area contributed by atoms with Crippen LogP contribution in [0.2, 0.25) is 0 Å². The van der Waals surface area contributed by atoms with Gasteiger partial charge in [0.2, 0.25) is 11.7 Å². The molecule has 11 heteroatoms. The largest absolute Gasteiger partial charge is 0.442 e. The maximum absolute atomic E-state index is 13.3. The van der Waals surface area contributed by atoms with E-state index in [-0.39, 0.29) is 34.9 Å². The molecule has 0 aliphatic heterocycles. The molecule has 35 heavy (non-hydrogen) atoms. The number of thiazole rings is 1. The first kappa shape index (κ1) is 24.0. The van der Waals surface area contributed by atoms with Crippen molar-refractivity contribution < 1.29 is 22.8 Å². The number of unbranched alkanes of at least 4 members (excludes halogenated alkanes) is 2. The highest BCUT2D eigenvalue weighted by Crippen LogP contribution is 2.29. The molecule has 0 aliphatic carbocycles. The molecule has 0 fully saturated rings. The molecular formula is C24H20FN5O4S. The first-order valence-electron chi connectivity index (χ1n) is 10.8. The molecule has 1 atom stereocenters. The summed E-state index contributed by atoms with van der Waals surface area (Å²) in [6, 6.07) is 6.93. The second-order valence-electron chi connectivity index (χ2n) is 7.60. The third kappa shape index (κ3) is 6.04. The number of aromatic nitrogens is 3. The van der Waals surface area contributed by atoms with Crippen LogP contribution in [0.3, 0.4) is 0 Å². The molecule has 0 saturated heterocycles. The molecule has 3 heterocycles. The van der Waals surface area contributed by atoms with E-state index in [1.54, 1.807) is 5.51 Å². The number of oxazole rings is 2. The Morgan fingerprint density at radius 1 is 1.20 bits per heavy atom. The van der Waals surface area contributed by atoms with Crippen LogP contribution >= 0.6 is 11.3 Å². The van der Waals surface area contributed by atoms with Crippen molar-refractivity contribution in [1.29, 1.82) is 5.26 Å². The predicted octanol–water partition coefficient (Wildman–Crippen LogP) is 5.10. The van der Waals surface area contributed by atoms with E-state index in [1.807, 2.05) is 6.07 Å². The summed E-state index contributed by atoms with van der Waals surface area (Å²) in [4.78, 5) is 37.2. The van der Waals surface area contributed by atoms with Crippen molar-refractivity contribution in [2.75, 3.05) is 0 Å². The maximum Gasteiger partial charge on any atom is 0.263 e. The van der Waals surface area contributed by atoms with Crippen molar-refractivity contribution in [3.05, 3.63) is 76.5 Å². The zero-order valence-electron chi connectivity index (χ0n) is 18.4. The van der Waals surface area contributed by atoms with Crippen molar-refractivity contribution in [1.82, 2.24) is 20.3 Å². The molecule has 1 N–H and O–H groups in total. The van der Waals surface area contributed by atoms with Crippen LogP contribution in [0.25, 0.3) is 11.5 Å². The van der Waals surface area contributed by atoms with Gasteiger partial charge < -0.3 is 14.2 Å². The van der Waals surface area contributed by atoms with Crippen molar-refractivity contribution >= 4 is 23.0 Å². The van der Waals surface area contributed by atoms with E-state index in [0.29, 0.717) is 42.5 Å². The van der Waals surface area contributed by atoms with Crippen molar-refractivity contribution in [2.24, 2.45) is 0 Å². The van der Waals surface area contributed by atoms with Gasteiger partial charge in [-0.15, -0.1) is 11.3 Å². The van der Waals surface area contributed by atoms with E-state index in [0.717, 1.165) is 0 Å². The third-order valence-corrected chi connectivity index (χ3v) is 5.97. The summed E-state index contributed by atoms with van der Waals surface area (Å²) >= 11 is 1.19. The second kappa shape index (κ2) is 11.3. The normalized spacial score (nSPS) is 11.7. The van der Waals surface area contributed by atoms with E-state index in [9.17, 15) is 19.2 Å². The molecule has 0 saturated carbocycles. The molecule has 178 valence electrons. The second-order valence-corrected chi connectivity index (χ2v) is 8.49. The molecule has 9 nitrogen and oxygen atoms in total. The van der Waals surface area contributed by atoms with Crippen LogP contribution in [0.15, 0.2) is 57.3 Å². The number of carbonyl (C=O) groups is 2. The number of hydrogen-bond acceptors (Lipinski definition) is 9. The Hall–Kier alpha value is -4.17. The molecule has 4 rings (SSSR count). The van der Waals surface area contributed by atoms with E-state index >= 15 is 0 Å². The van der Waals surface area contributed by atoms with Crippen LogP contribution in [-0.2, 0) is 0 Å². The van der Waals surface area contributed by atoms with E-state index in [2.05, 4.69) is 20.3 Å². The van der Waals surface area contributed by atoms with E-state index in [1.165, 1.54) is 54.3 Å². The monoisotopic (exact) mass is 493 g/mol. The summed E-state index contributed by atoms with van der Waals surface area (Å²) in [6.07, 6.45) is 6.93.